The molecule has 4 rings (SSSR count). The second-order valence-electron chi connectivity index (χ2n) is 5.45. The summed E-state index contributed by atoms with van der Waals surface area (Å²) in [6.45, 7) is 0. The molecule has 0 bridgehead atoms. The molecule has 118 valence electrons. The number of nitro groups is 1. The molecular formula is C19H14N2O3. The molecule has 4 aromatic rings. The third-order valence-corrected chi connectivity index (χ3v) is 4.20. The number of hydrogen-bond donors (Lipinski definition) is 0. The monoisotopic (exact) mass is 318 g/mol. The van der Waals surface area contributed by atoms with Gasteiger partial charge in [-0.05, 0) is 24.3 Å². The Labute approximate surface area is 137 Å². The first-order valence-corrected chi connectivity index (χ1v) is 7.52. The maximum atomic E-state index is 11.7. The lowest BCUT2D eigenvalue weighted by molar-refractivity contribution is -0.385. The van der Waals surface area contributed by atoms with Crippen molar-refractivity contribution in [3.63, 3.8) is 0 Å². The van der Waals surface area contributed by atoms with Gasteiger partial charge in [-0.25, -0.2) is 0 Å². The van der Waals surface area contributed by atoms with Gasteiger partial charge in [0.25, 0.3) is 0 Å². The first-order chi connectivity index (χ1) is 11.7. The zero-order chi connectivity index (χ0) is 16.7. The van der Waals surface area contributed by atoms with Crippen LogP contribution in [0.2, 0.25) is 0 Å². The summed E-state index contributed by atoms with van der Waals surface area (Å²) in [6, 6.07) is 20.9. The molecule has 0 aliphatic heterocycles. The van der Waals surface area contributed by atoms with Crippen LogP contribution < -0.4 is 4.74 Å². The topological polar surface area (TPSA) is 57.3 Å². The normalized spacial score (nSPS) is 11.0. The van der Waals surface area contributed by atoms with Crippen molar-refractivity contribution in [2.45, 2.75) is 0 Å². The SMILES string of the molecule is COc1cccc(-n2c3ccccc3c3ccccc32)c1[N+](=O)[O-]. The maximum absolute atomic E-state index is 11.7. The van der Waals surface area contributed by atoms with E-state index in [0.29, 0.717) is 5.69 Å². The highest BCUT2D eigenvalue weighted by molar-refractivity contribution is 6.09. The number of fused-ring (bicyclic) bond motifs is 3. The van der Waals surface area contributed by atoms with Crippen molar-refractivity contribution in [1.82, 2.24) is 4.57 Å². The van der Waals surface area contributed by atoms with Crippen LogP contribution in [0, 0.1) is 10.1 Å². The number of aromatic nitrogens is 1. The zero-order valence-electron chi connectivity index (χ0n) is 13.0. The molecule has 0 saturated carbocycles. The number of nitrogens with zero attached hydrogens (tertiary/aromatic N) is 2. The molecule has 0 radical (unpaired) electrons. The predicted octanol–water partition coefficient (Wildman–Crippen LogP) is 4.70. The van der Waals surface area contributed by atoms with Gasteiger partial charge >= 0.3 is 5.69 Å². The molecule has 24 heavy (non-hydrogen) atoms. The summed E-state index contributed by atoms with van der Waals surface area (Å²) < 4.78 is 7.14. The Morgan fingerprint density at radius 1 is 0.875 bits per heavy atom. The molecule has 0 aliphatic carbocycles. The fourth-order valence-electron chi connectivity index (χ4n) is 3.22. The van der Waals surface area contributed by atoms with Gasteiger partial charge in [0, 0.05) is 10.8 Å². The van der Waals surface area contributed by atoms with Crippen LogP contribution >= 0.6 is 0 Å². The number of para-hydroxylation sites is 3. The van der Waals surface area contributed by atoms with Crippen molar-refractivity contribution in [3.05, 3.63) is 76.8 Å². The predicted molar refractivity (Wildman–Crippen MR) is 94.0 cm³/mol. The highest BCUT2D eigenvalue weighted by Gasteiger charge is 2.24. The minimum atomic E-state index is -0.391. The molecule has 0 amide bonds. The fraction of sp³-hybridized carbons (Fsp3) is 0.0526. The molecule has 1 aromatic heterocycles. The summed E-state index contributed by atoms with van der Waals surface area (Å²) >= 11 is 0. The van der Waals surface area contributed by atoms with Crippen LogP contribution in [0.15, 0.2) is 66.7 Å². The maximum Gasteiger partial charge on any atom is 0.334 e. The number of methoxy groups -OCH3 is 1. The van der Waals surface area contributed by atoms with E-state index >= 15 is 0 Å². The first kappa shape index (κ1) is 14.3. The van der Waals surface area contributed by atoms with Gasteiger partial charge in [-0.2, -0.15) is 0 Å². The fourth-order valence-corrected chi connectivity index (χ4v) is 3.22. The number of benzene rings is 3. The van der Waals surface area contributed by atoms with E-state index < -0.39 is 4.92 Å². The van der Waals surface area contributed by atoms with Crippen LogP contribution in [0.4, 0.5) is 5.69 Å². The third-order valence-electron chi connectivity index (χ3n) is 4.20. The van der Waals surface area contributed by atoms with Crippen molar-refractivity contribution < 1.29 is 9.66 Å². The van der Waals surface area contributed by atoms with Gasteiger partial charge in [-0.3, -0.25) is 10.1 Å². The van der Waals surface area contributed by atoms with Crippen LogP contribution in [0.5, 0.6) is 5.75 Å². The smallest absolute Gasteiger partial charge is 0.334 e. The Morgan fingerprint density at radius 3 is 2.00 bits per heavy atom. The zero-order valence-corrected chi connectivity index (χ0v) is 13.0. The van der Waals surface area contributed by atoms with Gasteiger partial charge in [-0.15, -0.1) is 0 Å². The summed E-state index contributed by atoms with van der Waals surface area (Å²) in [7, 11) is 1.44. The van der Waals surface area contributed by atoms with Gasteiger partial charge in [0.15, 0.2) is 5.75 Å². The standard InChI is InChI=1S/C19H14N2O3/c1-24-18-12-6-11-17(19(18)21(22)23)20-15-9-4-2-7-13(15)14-8-3-5-10-16(14)20/h2-12H,1H3. The average Bonchev–Trinajstić information content (AvgIpc) is 2.95. The van der Waals surface area contributed by atoms with Crippen LogP contribution in [0.25, 0.3) is 27.5 Å². The van der Waals surface area contributed by atoms with E-state index in [2.05, 4.69) is 0 Å². The lowest BCUT2D eigenvalue weighted by Gasteiger charge is -2.10. The van der Waals surface area contributed by atoms with Gasteiger partial charge in [0.2, 0.25) is 0 Å². The van der Waals surface area contributed by atoms with Crippen LogP contribution in [-0.2, 0) is 0 Å². The van der Waals surface area contributed by atoms with E-state index in [1.165, 1.54) is 7.11 Å². The summed E-state index contributed by atoms with van der Waals surface area (Å²) in [5.74, 6) is 0.249. The molecule has 5 heteroatoms. The second-order valence-corrected chi connectivity index (χ2v) is 5.45. The van der Waals surface area contributed by atoms with Crippen LogP contribution in [0.1, 0.15) is 0 Å². The molecule has 5 nitrogen and oxygen atoms in total. The molecule has 1 heterocycles. The molecule has 0 N–H and O–H groups in total. The highest BCUT2D eigenvalue weighted by Crippen LogP contribution is 2.38. The molecule has 0 unspecified atom stereocenters. The highest BCUT2D eigenvalue weighted by atomic mass is 16.6. The van der Waals surface area contributed by atoms with Gasteiger partial charge in [0.1, 0.15) is 5.69 Å². The van der Waals surface area contributed by atoms with E-state index in [0.717, 1.165) is 21.8 Å². The summed E-state index contributed by atoms with van der Waals surface area (Å²) in [5.41, 5.74) is 2.31. The Bertz CT molecular complexity index is 1030. The molecular weight excluding hydrogens is 304 g/mol. The van der Waals surface area contributed by atoms with Crippen molar-refractivity contribution in [2.24, 2.45) is 0 Å². The Hall–Kier alpha value is -3.34. The van der Waals surface area contributed by atoms with Crippen LogP contribution in [-0.4, -0.2) is 16.6 Å². The molecule has 0 spiro atoms. The van der Waals surface area contributed by atoms with E-state index in [9.17, 15) is 10.1 Å². The molecule has 0 fully saturated rings. The van der Waals surface area contributed by atoms with Crippen molar-refractivity contribution in [2.75, 3.05) is 7.11 Å². The van der Waals surface area contributed by atoms with Gasteiger partial charge < -0.3 is 9.30 Å². The lowest BCUT2D eigenvalue weighted by atomic mass is 10.2. The number of rotatable bonds is 3. The van der Waals surface area contributed by atoms with E-state index in [1.54, 1.807) is 18.2 Å². The summed E-state index contributed by atoms with van der Waals surface area (Å²) in [4.78, 5) is 11.3. The molecule has 0 atom stereocenters. The van der Waals surface area contributed by atoms with Gasteiger partial charge in [0.05, 0.1) is 23.1 Å². The van der Waals surface area contributed by atoms with E-state index in [1.807, 2.05) is 53.1 Å². The van der Waals surface area contributed by atoms with Crippen LogP contribution in [0.3, 0.4) is 0 Å². The molecule has 0 aliphatic rings. The molecule has 3 aromatic carbocycles. The van der Waals surface area contributed by atoms with E-state index in [-0.39, 0.29) is 11.4 Å². The first-order valence-electron chi connectivity index (χ1n) is 7.52. The summed E-state index contributed by atoms with van der Waals surface area (Å²) in [5, 5.41) is 13.8. The molecule has 0 saturated heterocycles. The quantitative estimate of drug-likeness (QED) is 0.406. The largest absolute Gasteiger partial charge is 0.490 e. The number of ether oxygens (including phenoxy) is 1. The van der Waals surface area contributed by atoms with Crippen molar-refractivity contribution in [3.8, 4) is 11.4 Å². The lowest BCUT2D eigenvalue weighted by Crippen LogP contribution is -2.02. The summed E-state index contributed by atoms with van der Waals surface area (Å²) in [6.07, 6.45) is 0. The number of nitro benzene ring substituents is 1. The number of hydrogen-bond acceptors (Lipinski definition) is 3. The van der Waals surface area contributed by atoms with E-state index in [4.69, 9.17) is 4.74 Å². The Morgan fingerprint density at radius 2 is 1.46 bits per heavy atom. The Kier molecular flexibility index (Phi) is 3.20. The third kappa shape index (κ3) is 1.95. The van der Waals surface area contributed by atoms with Crippen molar-refractivity contribution in [1.29, 1.82) is 0 Å². The average molecular weight is 318 g/mol. The Balaban J connectivity index is 2.20. The van der Waals surface area contributed by atoms with Gasteiger partial charge in [-0.1, -0.05) is 42.5 Å². The minimum Gasteiger partial charge on any atom is -0.490 e. The van der Waals surface area contributed by atoms with Crippen molar-refractivity contribution >= 4 is 27.5 Å². The minimum absolute atomic E-state index is 0.0356. The second kappa shape index (κ2) is 5.38.